The Morgan fingerprint density at radius 3 is 2.78 bits per heavy atom. The molecule has 1 aliphatic carbocycles. The summed E-state index contributed by atoms with van der Waals surface area (Å²) in [6.45, 7) is 1.66. The van der Waals surface area contributed by atoms with E-state index in [4.69, 9.17) is 0 Å². The van der Waals surface area contributed by atoms with Crippen molar-refractivity contribution in [1.29, 1.82) is 0 Å². The maximum Gasteiger partial charge on any atom is 0.274 e. The molecule has 2 aromatic rings. The third kappa shape index (κ3) is 2.95. The molecule has 1 amide bonds. The number of nitrogens with zero attached hydrogens (tertiary/aromatic N) is 1. The highest BCUT2D eigenvalue weighted by molar-refractivity contribution is 5.97. The van der Waals surface area contributed by atoms with Crippen LogP contribution in [0.5, 0.6) is 0 Å². The molecule has 5 nitrogen and oxygen atoms in total. The molecule has 0 aliphatic heterocycles. The zero-order chi connectivity index (χ0) is 16.4. The number of anilines is 1. The number of aryl methyl sites for hydroxylation is 1. The zero-order valence-electron chi connectivity index (χ0n) is 12.9. The second-order valence-corrected chi connectivity index (χ2v) is 5.84. The van der Waals surface area contributed by atoms with Crippen molar-refractivity contribution >= 4 is 17.3 Å². The molecule has 0 spiro atoms. The summed E-state index contributed by atoms with van der Waals surface area (Å²) in [5, 5.41) is 13.9. The van der Waals surface area contributed by atoms with Crippen molar-refractivity contribution in [2.24, 2.45) is 0 Å². The van der Waals surface area contributed by atoms with E-state index in [9.17, 15) is 14.9 Å². The second-order valence-electron chi connectivity index (χ2n) is 5.84. The molecule has 3 rings (SSSR count). The van der Waals surface area contributed by atoms with E-state index in [1.165, 1.54) is 11.6 Å². The standard InChI is InChI=1S/C18H18N2O3/c1-12-16(10-5-11-17(12)20(22)23)19-18(21)15-9-4-7-13-6-2-3-8-14(13)15/h2-3,5-6,8,10-11,15H,4,7,9H2,1H3,(H,19,21). The van der Waals surface area contributed by atoms with Crippen LogP contribution in [0.1, 0.15) is 35.4 Å². The number of hydrogen-bond donors (Lipinski definition) is 1. The Kier molecular flexibility index (Phi) is 4.10. The molecule has 0 aromatic heterocycles. The van der Waals surface area contributed by atoms with Gasteiger partial charge in [-0.15, -0.1) is 0 Å². The van der Waals surface area contributed by atoms with Crippen LogP contribution in [0.4, 0.5) is 11.4 Å². The molecule has 0 bridgehead atoms. The van der Waals surface area contributed by atoms with E-state index in [2.05, 4.69) is 11.4 Å². The summed E-state index contributed by atoms with van der Waals surface area (Å²) in [6.07, 6.45) is 2.77. The fourth-order valence-electron chi connectivity index (χ4n) is 3.20. The fraction of sp³-hybridized carbons (Fsp3) is 0.278. The molecular formula is C18H18N2O3. The maximum absolute atomic E-state index is 12.7. The number of nitrogens with one attached hydrogen (secondary N) is 1. The average Bonchev–Trinajstić information content (AvgIpc) is 2.56. The van der Waals surface area contributed by atoms with Gasteiger partial charge in [-0.3, -0.25) is 14.9 Å². The van der Waals surface area contributed by atoms with Crippen molar-refractivity contribution in [3.8, 4) is 0 Å². The fourth-order valence-corrected chi connectivity index (χ4v) is 3.20. The Balaban J connectivity index is 1.86. The Labute approximate surface area is 134 Å². The minimum atomic E-state index is -0.430. The average molecular weight is 310 g/mol. The molecule has 0 saturated heterocycles. The van der Waals surface area contributed by atoms with Gasteiger partial charge in [-0.1, -0.05) is 30.3 Å². The summed E-state index contributed by atoms with van der Waals surface area (Å²) in [6, 6.07) is 12.7. The van der Waals surface area contributed by atoms with Gasteiger partial charge < -0.3 is 5.32 Å². The van der Waals surface area contributed by atoms with Gasteiger partial charge in [0.1, 0.15) is 0 Å². The van der Waals surface area contributed by atoms with Gasteiger partial charge in [-0.2, -0.15) is 0 Å². The number of nitro groups is 1. The summed E-state index contributed by atoms with van der Waals surface area (Å²) in [4.78, 5) is 23.3. The first kappa shape index (κ1) is 15.2. The van der Waals surface area contributed by atoms with E-state index in [1.807, 2.05) is 18.2 Å². The number of benzene rings is 2. The number of hydrogen-bond acceptors (Lipinski definition) is 3. The van der Waals surface area contributed by atoms with Crippen molar-refractivity contribution in [2.75, 3.05) is 5.32 Å². The molecule has 5 heteroatoms. The van der Waals surface area contributed by atoms with Gasteiger partial charge in [0.05, 0.1) is 22.1 Å². The summed E-state index contributed by atoms with van der Waals surface area (Å²) >= 11 is 0. The quantitative estimate of drug-likeness (QED) is 0.689. The van der Waals surface area contributed by atoms with Crippen LogP contribution in [0, 0.1) is 17.0 Å². The maximum atomic E-state index is 12.7. The largest absolute Gasteiger partial charge is 0.325 e. The smallest absolute Gasteiger partial charge is 0.274 e. The topological polar surface area (TPSA) is 72.2 Å². The molecule has 23 heavy (non-hydrogen) atoms. The first-order valence-electron chi connectivity index (χ1n) is 7.70. The van der Waals surface area contributed by atoms with Crippen molar-refractivity contribution in [3.05, 3.63) is 69.3 Å². The van der Waals surface area contributed by atoms with Crippen LogP contribution in [0.3, 0.4) is 0 Å². The number of rotatable bonds is 3. The normalized spacial score (nSPS) is 16.5. The third-order valence-corrected chi connectivity index (χ3v) is 4.45. The lowest BCUT2D eigenvalue weighted by Gasteiger charge is -2.24. The van der Waals surface area contributed by atoms with Crippen LogP contribution < -0.4 is 5.32 Å². The van der Waals surface area contributed by atoms with Gasteiger partial charge in [-0.05, 0) is 43.4 Å². The Bertz CT molecular complexity index is 771. The number of carbonyl (C=O) groups is 1. The van der Waals surface area contributed by atoms with Gasteiger partial charge in [0.25, 0.3) is 5.69 Å². The molecule has 1 aliphatic rings. The zero-order valence-corrected chi connectivity index (χ0v) is 12.9. The Morgan fingerprint density at radius 2 is 2.00 bits per heavy atom. The third-order valence-electron chi connectivity index (χ3n) is 4.45. The molecule has 1 N–H and O–H groups in total. The lowest BCUT2D eigenvalue weighted by atomic mass is 9.82. The van der Waals surface area contributed by atoms with Crippen LogP contribution in [0.25, 0.3) is 0 Å². The monoisotopic (exact) mass is 310 g/mol. The minimum absolute atomic E-state index is 0.0202. The number of fused-ring (bicyclic) bond motifs is 1. The SMILES string of the molecule is Cc1c(NC(=O)C2CCCc3ccccc32)cccc1[N+](=O)[O-]. The Morgan fingerprint density at radius 1 is 1.22 bits per heavy atom. The van der Waals surface area contributed by atoms with Crippen molar-refractivity contribution in [1.82, 2.24) is 0 Å². The van der Waals surface area contributed by atoms with Crippen LogP contribution >= 0.6 is 0 Å². The highest BCUT2D eigenvalue weighted by atomic mass is 16.6. The molecule has 1 unspecified atom stereocenters. The predicted molar refractivity (Wildman–Crippen MR) is 88.6 cm³/mol. The number of carbonyl (C=O) groups excluding carboxylic acids is 1. The molecule has 2 aromatic carbocycles. The van der Waals surface area contributed by atoms with Gasteiger partial charge in [0.15, 0.2) is 0 Å². The van der Waals surface area contributed by atoms with Crippen LogP contribution in [-0.4, -0.2) is 10.8 Å². The van der Waals surface area contributed by atoms with Crippen molar-refractivity contribution < 1.29 is 9.72 Å². The molecule has 0 radical (unpaired) electrons. The van der Waals surface area contributed by atoms with Gasteiger partial charge >= 0.3 is 0 Å². The molecule has 0 saturated carbocycles. The van der Waals surface area contributed by atoms with Crippen LogP contribution in [-0.2, 0) is 11.2 Å². The van der Waals surface area contributed by atoms with E-state index in [1.54, 1.807) is 19.1 Å². The lowest BCUT2D eigenvalue weighted by Crippen LogP contribution is -2.25. The summed E-state index contributed by atoms with van der Waals surface area (Å²) in [7, 11) is 0. The van der Waals surface area contributed by atoms with Gasteiger partial charge in [0.2, 0.25) is 5.91 Å². The minimum Gasteiger partial charge on any atom is -0.325 e. The number of nitro benzene ring substituents is 1. The molecular weight excluding hydrogens is 292 g/mol. The molecule has 118 valence electrons. The van der Waals surface area contributed by atoms with E-state index in [-0.39, 0.29) is 17.5 Å². The van der Waals surface area contributed by atoms with E-state index in [0.29, 0.717) is 11.3 Å². The van der Waals surface area contributed by atoms with Crippen molar-refractivity contribution in [3.63, 3.8) is 0 Å². The van der Waals surface area contributed by atoms with E-state index in [0.717, 1.165) is 24.8 Å². The first-order chi connectivity index (χ1) is 11.1. The Hall–Kier alpha value is -2.69. The summed E-state index contributed by atoms with van der Waals surface area (Å²) in [5.74, 6) is -0.292. The van der Waals surface area contributed by atoms with E-state index >= 15 is 0 Å². The van der Waals surface area contributed by atoms with E-state index < -0.39 is 4.92 Å². The highest BCUT2D eigenvalue weighted by Crippen LogP contribution is 2.33. The van der Waals surface area contributed by atoms with Crippen LogP contribution in [0.15, 0.2) is 42.5 Å². The van der Waals surface area contributed by atoms with Gasteiger partial charge in [0, 0.05) is 6.07 Å². The molecule has 1 atom stereocenters. The first-order valence-corrected chi connectivity index (χ1v) is 7.70. The molecule has 0 fully saturated rings. The van der Waals surface area contributed by atoms with Gasteiger partial charge in [-0.25, -0.2) is 0 Å². The number of amides is 1. The highest BCUT2D eigenvalue weighted by Gasteiger charge is 2.27. The van der Waals surface area contributed by atoms with Crippen molar-refractivity contribution in [2.45, 2.75) is 32.1 Å². The lowest BCUT2D eigenvalue weighted by molar-refractivity contribution is -0.385. The summed E-state index contributed by atoms with van der Waals surface area (Å²) in [5.41, 5.74) is 3.29. The second kappa shape index (κ2) is 6.20. The van der Waals surface area contributed by atoms with Crippen LogP contribution in [0.2, 0.25) is 0 Å². The molecule has 0 heterocycles. The summed E-state index contributed by atoms with van der Waals surface area (Å²) < 4.78 is 0. The predicted octanol–water partition coefficient (Wildman–Crippen LogP) is 3.96.